The van der Waals surface area contributed by atoms with E-state index in [0.717, 1.165) is 24.2 Å². The Hall–Kier alpha value is -0.740. The second-order valence-corrected chi connectivity index (χ2v) is 6.53. The number of thioether (sulfide) groups is 1. The lowest BCUT2D eigenvalue weighted by Crippen LogP contribution is -2.43. The van der Waals surface area contributed by atoms with E-state index in [9.17, 15) is 4.39 Å². The van der Waals surface area contributed by atoms with Gasteiger partial charge in [0.15, 0.2) is 0 Å². The second kappa shape index (κ2) is 3.89. The Morgan fingerprint density at radius 3 is 3.00 bits per heavy atom. The van der Waals surface area contributed by atoms with Gasteiger partial charge in [-0.2, -0.15) is 11.8 Å². The third-order valence-corrected chi connectivity index (χ3v) is 5.01. The summed E-state index contributed by atoms with van der Waals surface area (Å²) in [6.07, 6.45) is 1.84. The Morgan fingerprint density at radius 1 is 1.47 bits per heavy atom. The van der Waals surface area contributed by atoms with Crippen molar-refractivity contribution >= 4 is 11.8 Å². The van der Waals surface area contributed by atoms with E-state index < -0.39 is 0 Å². The van der Waals surface area contributed by atoms with Crippen molar-refractivity contribution in [2.75, 3.05) is 5.75 Å². The molecule has 1 spiro atoms. The molecular weight excluding hydrogens is 237 g/mol. The number of benzene rings is 1. The molecule has 0 bridgehead atoms. The van der Waals surface area contributed by atoms with E-state index in [2.05, 4.69) is 6.92 Å². The van der Waals surface area contributed by atoms with E-state index in [4.69, 9.17) is 10.5 Å². The zero-order chi connectivity index (χ0) is 12.0. The van der Waals surface area contributed by atoms with E-state index in [0.29, 0.717) is 11.0 Å². The molecule has 1 saturated heterocycles. The summed E-state index contributed by atoms with van der Waals surface area (Å²) in [6, 6.07) is 4.62. The van der Waals surface area contributed by atoms with Crippen LogP contribution in [-0.2, 0) is 0 Å². The van der Waals surface area contributed by atoms with E-state index >= 15 is 0 Å². The first-order valence-electron chi connectivity index (χ1n) is 5.94. The van der Waals surface area contributed by atoms with Crippen LogP contribution in [0.15, 0.2) is 18.2 Å². The first-order valence-corrected chi connectivity index (χ1v) is 6.98. The molecule has 2 aliphatic heterocycles. The number of ether oxygens (including phenoxy) is 1. The molecule has 3 rings (SSSR count). The molecule has 0 aromatic heterocycles. The van der Waals surface area contributed by atoms with Crippen LogP contribution in [-0.4, -0.2) is 16.6 Å². The monoisotopic (exact) mass is 253 g/mol. The van der Waals surface area contributed by atoms with Crippen molar-refractivity contribution in [3.05, 3.63) is 29.6 Å². The zero-order valence-corrected chi connectivity index (χ0v) is 10.6. The smallest absolute Gasteiger partial charge is 0.127 e. The maximum Gasteiger partial charge on any atom is 0.127 e. The fourth-order valence-electron chi connectivity index (χ4n) is 2.84. The van der Waals surface area contributed by atoms with Gasteiger partial charge in [0.2, 0.25) is 0 Å². The van der Waals surface area contributed by atoms with E-state index in [1.165, 1.54) is 12.1 Å². The number of hydrogen-bond acceptors (Lipinski definition) is 3. The average Bonchev–Trinajstić information content (AvgIpc) is 2.58. The molecule has 4 heteroatoms. The molecule has 0 aliphatic carbocycles. The lowest BCUT2D eigenvalue weighted by atomic mass is 9.86. The van der Waals surface area contributed by atoms with Gasteiger partial charge in [-0.1, -0.05) is 13.0 Å². The molecular formula is C13H16FNOS. The topological polar surface area (TPSA) is 35.2 Å². The van der Waals surface area contributed by atoms with Crippen LogP contribution in [0, 0.1) is 5.82 Å². The highest BCUT2D eigenvalue weighted by atomic mass is 32.2. The van der Waals surface area contributed by atoms with Crippen LogP contribution >= 0.6 is 11.8 Å². The lowest BCUT2D eigenvalue weighted by Gasteiger charge is -2.38. The van der Waals surface area contributed by atoms with Crippen molar-refractivity contribution in [2.45, 2.75) is 36.7 Å². The molecule has 1 fully saturated rings. The molecule has 0 amide bonds. The molecule has 0 saturated carbocycles. The summed E-state index contributed by atoms with van der Waals surface area (Å²) in [7, 11) is 0. The Balaban J connectivity index is 1.97. The van der Waals surface area contributed by atoms with Gasteiger partial charge in [0.05, 0.1) is 0 Å². The fraction of sp³-hybridized carbons (Fsp3) is 0.538. The summed E-state index contributed by atoms with van der Waals surface area (Å²) in [5, 5.41) is 0.595. The third-order valence-electron chi connectivity index (χ3n) is 3.58. The number of fused-ring (bicyclic) bond motifs is 1. The average molecular weight is 253 g/mol. The highest BCUT2D eigenvalue weighted by Crippen LogP contribution is 2.47. The standard InChI is InChI=1S/C13H16FNOS/c1-8-5-13(7-17-8)6-11(15)10-3-2-9(14)4-12(10)16-13/h2-4,8,11H,5-7,15H2,1H3/t8?,11-,13?/m0/s1. The SMILES string of the molecule is CC1CC2(CS1)C[C@H](N)c1ccc(F)cc1O2. The molecule has 2 unspecified atom stereocenters. The van der Waals surface area contributed by atoms with Crippen LogP contribution in [0.4, 0.5) is 4.39 Å². The summed E-state index contributed by atoms with van der Waals surface area (Å²) in [4.78, 5) is 0. The number of halogens is 1. The number of nitrogens with two attached hydrogens (primary N) is 1. The van der Waals surface area contributed by atoms with Gasteiger partial charge >= 0.3 is 0 Å². The molecule has 0 radical (unpaired) electrons. The summed E-state index contributed by atoms with van der Waals surface area (Å²) < 4.78 is 19.3. The van der Waals surface area contributed by atoms with Gasteiger partial charge in [0, 0.05) is 35.1 Å². The first kappa shape index (κ1) is 11.4. The summed E-state index contributed by atoms with van der Waals surface area (Å²) in [5.74, 6) is 1.34. The van der Waals surface area contributed by atoms with Crippen LogP contribution < -0.4 is 10.5 Å². The number of hydrogen-bond donors (Lipinski definition) is 1. The molecule has 2 nitrogen and oxygen atoms in total. The maximum absolute atomic E-state index is 13.2. The second-order valence-electron chi connectivity index (χ2n) is 5.10. The van der Waals surface area contributed by atoms with Crippen LogP contribution in [0.5, 0.6) is 5.75 Å². The highest BCUT2D eigenvalue weighted by Gasteiger charge is 2.45. The van der Waals surface area contributed by atoms with E-state index in [-0.39, 0.29) is 17.5 Å². The normalized spacial score (nSPS) is 35.7. The highest BCUT2D eigenvalue weighted by molar-refractivity contribution is 8.00. The van der Waals surface area contributed by atoms with Crippen LogP contribution in [0.3, 0.4) is 0 Å². The largest absolute Gasteiger partial charge is 0.486 e. The van der Waals surface area contributed by atoms with Crippen LogP contribution in [0.25, 0.3) is 0 Å². The van der Waals surface area contributed by atoms with Gasteiger partial charge in [-0.15, -0.1) is 0 Å². The van der Waals surface area contributed by atoms with Gasteiger partial charge in [0.1, 0.15) is 17.2 Å². The van der Waals surface area contributed by atoms with Gasteiger partial charge in [-0.3, -0.25) is 0 Å². The minimum Gasteiger partial charge on any atom is -0.486 e. The Bertz CT molecular complexity index is 453. The summed E-state index contributed by atoms with van der Waals surface area (Å²) >= 11 is 1.91. The van der Waals surface area contributed by atoms with Crippen molar-refractivity contribution in [3.63, 3.8) is 0 Å². The lowest BCUT2D eigenvalue weighted by molar-refractivity contribution is 0.0571. The molecule has 17 heavy (non-hydrogen) atoms. The maximum atomic E-state index is 13.2. The zero-order valence-electron chi connectivity index (χ0n) is 9.78. The fourth-order valence-corrected chi connectivity index (χ4v) is 4.14. The molecule has 92 valence electrons. The van der Waals surface area contributed by atoms with Crippen molar-refractivity contribution in [1.82, 2.24) is 0 Å². The minimum absolute atomic E-state index is 0.0368. The number of rotatable bonds is 0. The van der Waals surface area contributed by atoms with E-state index in [1.807, 2.05) is 11.8 Å². The molecule has 3 atom stereocenters. The van der Waals surface area contributed by atoms with Crippen molar-refractivity contribution in [1.29, 1.82) is 0 Å². The predicted octanol–water partition coefficient (Wildman–Crippen LogP) is 2.87. The first-order chi connectivity index (χ1) is 8.08. The van der Waals surface area contributed by atoms with Gasteiger partial charge in [-0.05, 0) is 12.5 Å². The quantitative estimate of drug-likeness (QED) is 0.772. The summed E-state index contributed by atoms with van der Waals surface area (Å²) in [5.41, 5.74) is 6.94. The van der Waals surface area contributed by atoms with Crippen LogP contribution in [0.1, 0.15) is 31.4 Å². The van der Waals surface area contributed by atoms with Crippen LogP contribution in [0.2, 0.25) is 0 Å². The minimum atomic E-state index is -0.258. The van der Waals surface area contributed by atoms with Crippen molar-refractivity contribution in [3.8, 4) is 5.75 Å². The Kier molecular flexibility index (Phi) is 2.60. The third kappa shape index (κ3) is 1.93. The Morgan fingerprint density at radius 2 is 2.29 bits per heavy atom. The Labute approximate surface area is 105 Å². The molecule has 1 aromatic rings. The predicted molar refractivity (Wildman–Crippen MR) is 67.8 cm³/mol. The summed E-state index contributed by atoms with van der Waals surface area (Å²) in [6.45, 7) is 2.20. The van der Waals surface area contributed by atoms with Gasteiger partial charge in [0.25, 0.3) is 0 Å². The molecule has 2 heterocycles. The van der Waals surface area contributed by atoms with Crippen molar-refractivity contribution in [2.24, 2.45) is 5.73 Å². The van der Waals surface area contributed by atoms with E-state index in [1.54, 1.807) is 6.07 Å². The van der Waals surface area contributed by atoms with Gasteiger partial charge < -0.3 is 10.5 Å². The molecule has 1 aromatic carbocycles. The molecule has 2 aliphatic rings. The van der Waals surface area contributed by atoms with Gasteiger partial charge in [-0.25, -0.2) is 4.39 Å². The molecule has 2 N–H and O–H groups in total. The van der Waals surface area contributed by atoms with Crippen molar-refractivity contribution < 1.29 is 9.13 Å².